The average molecular weight is 266 g/mol. The lowest BCUT2D eigenvalue weighted by molar-refractivity contribution is 0.969. The molecule has 0 aliphatic carbocycles. The fraction of sp³-hybridized carbons (Fsp3) is 0.273. The molecule has 2 heterocycles. The third kappa shape index (κ3) is 1.95. The Balaban J connectivity index is 2.49. The van der Waals surface area contributed by atoms with Gasteiger partial charge < -0.3 is 0 Å². The van der Waals surface area contributed by atoms with Crippen molar-refractivity contribution in [2.24, 2.45) is 0 Å². The van der Waals surface area contributed by atoms with Crippen molar-refractivity contribution in [2.45, 2.75) is 20.3 Å². The molecule has 4 heteroatoms. The smallest absolute Gasteiger partial charge is 0.106 e. The summed E-state index contributed by atoms with van der Waals surface area (Å²) < 4.78 is 0.840. The van der Waals surface area contributed by atoms with E-state index < -0.39 is 0 Å². The number of nitrogens with one attached hydrogen (secondary N) is 1. The topological polar surface area (TPSA) is 41.6 Å². The van der Waals surface area contributed by atoms with Crippen molar-refractivity contribution >= 4 is 15.9 Å². The summed E-state index contributed by atoms with van der Waals surface area (Å²) in [5.74, 6) is 0. The van der Waals surface area contributed by atoms with Crippen molar-refractivity contribution in [1.29, 1.82) is 0 Å². The Hall–Kier alpha value is -1.16. The van der Waals surface area contributed by atoms with Crippen LogP contribution in [0.5, 0.6) is 0 Å². The van der Waals surface area contributed by atoms with Gasteiger partial charge in [-0.3, -0.25) is 5.10 Å². The van der Waals surface area contributed by atoms with Gasteiger partial charge in [-0.25, -0.2) is 4.98 Å². The van der Waals surface area contributed by atoms with Crippen molar-refractivity contribution < 1.29 is 0 Å². The zero-order valence-electron chi connectivity index (χ0n) is 8.71. The van der Waals surface area contributed by atoms with Gasteiger partial charge >= 0.3 is 0 Å². The molecule has 2 rings (SSSR count). The SMILES string of the molecule is CCc1n[nH]c(-c2cccc(Br)n2)c1C. The van der Waals surface area contributed by atoms with Crippen LogP contribution in [0.15, 0.2) is 22.8 Å². The highest BCUT2D eigenvalue weighted by Gasteiger charge is 2.10. The van der Waals surface area contributed by atoms with Crippen molar-refractivity contribution in [2.75, 3.05) is 0 Å². The van der Waals surface area contributed by atoms with Crippen molar-refractivity contribution in [3.63, 3.8) is 0 Å². The lowest BCUT2D eigenvalue weighted by atomic mass is 10.1. The molecule has 0 fully saturated rings. The van der Waals surface area contributed by atoms with Gasteiger partial charge in [0.1, 0.15) is 4.60 Å². The number of aromatic amines is 1. The Kier molecular flexibility index (Phi) is 2.86. The van der Waals surface area contributed by atoms with Crippen molar-refractivity contribution in [3.05, 3.63) is 34.1 Å². The molecule has 0 spiro atoms. The van der Waals surface area contributed by atoms with Gasteiger partial charge in [0.05, 0.1) is 17.1 Å². The molecular formula is C11H12BrN3. The quantitative estimate of drug-likeness (QED) is 0.848. The van der Waals surface area contributed by atoms with Crippen LogP contribution < -0.4 is 0 Å². The lowest BCUT2D eigenvalue weighted by Gasteiger charge is -1.99. The van der Waals surface area contributed by atoms with Gasteiger partial charge in [-0.1, -0.05) is 13.0 Å². The number of hydrogen-bond donors (Lipinski definition) is 1. The Morgan fingerprint density at radius 3 is 2.80 bits per heavy atom. The number of aromatic nitrogens is 3. The lowest BCUT2D eigenvalue weighted by Crippen LogP contribution is -1.87. The minimum atomic E-state index is 0.840. The summed E-state index contributed by atoms with van der Waals surface area (Å²) in [5, 5.41) is 7.30. The molecule has 0 aliphatic rings. The third-order valence-electron chi connectivity index (χ3n) is 2.42. The maximum absolute atomic E-state index is 4.40. The van der Waals surface area contributed by atoms with E-state index in [1.165, 1.54) is 5.56 Å². The van der Waals surface area contributed by atoms with Crippen molar-refractivity contribution in [1.82, 2.24) is 15.2 Å². The number of hydrogen-bond acceptors (Lipinski definition) is 2. The molecule has 78 valence electrons. The van der Waals surface area contributed by atoms with Crippen LogP contribution in [0, 0.1) is 6.92 Å². The molecule has 0 saturated carbocycles. The summed E-state index contributed by atoms with van der Waals surface area (Å²) >= 11 is 3.36. The number of rotatable bonds is 2. The van der Waals surface area contributed by atoms with Gasteiger partial charge in [0.25, 0.3) is 0 Å². The molecule has 0 aromatic carbocycles. The molecule has 2 aromatic heterocycles. The van der Waals surface area contributed by atoms with E-state index in [0.29, 0.717) is 0 Å². The molecule has 0 atom stereocenters. The molecule has 0 unspecified atom stereocenters. The Morgan fingerprint density at radius 2 is 2.20 bits per heavy atom. The summed E-state index contributed by atoms with van der Waals surface area (Å²) in [7, 11) is 0. The molecule has 2 aromatic rings. The van der Waals surface area contributed by atoms with E-state index in [1.807, 2.05) is 18.2 Å². The highest BCUT2D eigenvalue weighted by atomic mass is 79.9. The molecule has 1 N–H and O–H groups in total. The van der Waals surface area contributed by atoms with E-state index in [-0.39, 0.29) is 0 Å². The fourth-order valence-corrected chi connectivity index (χ4v) is 1.92. The predicted octanol–water partition coefficient (Wildman–Crippen LogP) is 3.11. The Bertz CT molecular complexity index is 476. The number of halogens is 1. The second-order valence-corrected chi connectivity index (χ2v) is 4.18. The summed E-state index contributed by atoms with van der Waals surface area (Å²) in [6, 6.07) is 5.86. The third-order valence-corrected chi connectivity index (χ3v) is 2.86. The zero-order chi connectivity index (χ0) is 10.8. The first-order valence-corrected chi connectivity index (χ1v) is 5.68. The minimum Gasteiger partial charge on any atom is -0.276 e. The van der Waals surface area contributed by atoms with Crippen LogP contribution in [0.25, 0.3) is 11.4 Å². The van der Waals surface area contributed by atoms with Gasteiger partial charge in [0, 0.05) is 0 Å². The van der Waals surface area contributed by atoms with E-state index in [1.54, 1.807) is 0 Å². The molecule has 0 bridgehead atoms. The van der Waals surface area contributed by atoms with Gasteiger partial charge in [-0.05, 0) is 47.0 Å². The van der Waals surface area contributed by atoms with Crippen LogP contribution in [0.1, 0.15) is 18.2 Å². The molecule has 0 amide bonds. The largest absolute Gasteiger partial charge is 0.276 e. The first kappa shape index (κ1) is 10.4. The highest BCUT2D eigenvalue weighted by molar-refractivity contribution is 9.10. The molecule has 0 aliphatic heterocycles. The second-order valence-electron chi connectivity index (χ2n) is 3.37. The van der Waals surface area contributed by atoms with Gasteiger partial charge in [0.15, 0.2) is 0 Å². The molecule has 3 nitrogen and oxygen atoms in total. The van der Waals surface area contributed by atoms with E-state index in [4.69, 9.17) is 0 Å². The molecule has 0 radical (unpaired) electrons. The van der Waals surface area contributed by atoms with Gasteiger partial charge in [-0.2, -0.15) is 5.10 Å². The summed E-state index contributed by atoms with van der Waals surface area (Å²) in [6.45, 7) is 4.17. The molecule has 0 saturated heterocycles. The van der Waals surface area contributed by atoms with Crippen LogP contribution >= 0.6 is 15.9 Å². The highest BCUT2D eigenvalue weighted by Crippen LogP contribution is 2.22. The first-order valence-electron chi connectivity index (χ1n) is 4.89. The first-order chi connectivity index (χ1) is 7.22. The fourth-order valence-electron chi connectivity index (χ4n) is 1.58. The van der Waals surface area contributed by atoms with E-state index in [2.05, 4.69) is 45.0 Å². The van der Waals surface area contributed by atoms with Crippen LogP contribution in [-0.2, 0) is 6.42 Å². The maximum Gasteiger partial charge on any atom is 0.106 e. The van der Waals surface area contributed by atoms with E-state index in [0.717, 1.165) is 28.1 Å². The predicted molar refractivity (Wildman–Crippen MR) is 63.6 cm³/mol. The number of H-pyrrole nitrogens is 1. The minimum absolute atomic E-state index is 0.840. The number of nitrogens with zero attached hydrogens (tertiary/aromatic N) is 2. The average Bonchev–Trinajstić information content (AvgIpc) is 2.59. The molecular weight excluding hydrogens is 254 g/mol. The summed E-state index contributed by atoms with van der Waals surface area (Å²) in [5.41, 5.74) is 4.22. The molecule has 15 heavy (non-hydrogen) atoms. The monoisotopic (exact) mass is 265 g/mol. The zero-order valence-corrected chi connectivity index (χ0v) is 10.3. The standard InChI is InChI=1S/C11H12BrN3/c1-3-8-7(2)11(15-14-8)9-5-4-6-10(12)13-9/h4-6H,3H2,1-2H3,(H,14,15). The summed E-state index contributed by atoms with van der Waals surface area (Å²) in [4.78, 5) is 4.40. The van der Waals surface area contributed by atoms with Crippen LogP contribution in [0.4, 0.5) is 0 Å². The number of pyridine rings is 1. The number of aryl methyl sites for hydroxylation is 1. The maximum atomic E-state index is 4.40. The second kappa shape index (κ2) is 4.14. The van der Waals surface area contributed by atoms with Gasteiger partial charge in [-0.15, -0.1) is 0 Å². The Morgan fingerprint density at radius 1 is 1.40 bits per heavy atom. The summed E-state index contributed by atoms with van der Waals surface area (Å²) in [6.07, 6.45) is 0.941. The van der Waals surface area contributed by atoms with Crippen LogP contribution in [0.2, 0.25) is 0 Å². The Labute approximate surface area is 97.1 Å². The normalized spacial score (nSPS) is 10.6. The van der Waals surface area contributed by atoms with Crippen molar-refractivity contribution in [3.8, 4) is 11.4 Å². The van der Waals surface area contributed by atoms with Crippen LogP contribution in [-0.4, -0.2) is 15.2 Å². The van der Waals surface area contributed by atoms with E-state index >= 15 is 0 Å². The van der Waals surface area contributed by atoms with Crippen LogP contribution in [0.3, 0.4) is 0 Å². The van der Waals surface area contributed by atoms with E-state index in [9.17, 15) is 0 Å². The van der Waals surface area contributed by atoms with Gasteiger partial charge in [0.2, 0.25) is 0 Å².